The highest BCUT2D eigenvalue weighted by atomic mass is 16.2. The Balaban J connectivity index is 1.72. The van der Waals surface area contributed by atoms with Crippen LogP contribution in [0, 0.1) is 0 Å². The number of carbonyl (C=O) groups excluding carboxylic acids is 1. The summed E-state index contributed by atoms with van der Waals surface area (Å²) in [5.41, 5.74) is 3.26. The maximum absolute atomic E-state index is 12.2. The molecule has 1 atom stereocenters. The van der Waals surface area contributed by atoms with Crippen molar-refractivity contribution in [1.29, 1.82) is 0 Å². The molecule has 0 bridgehead atoms. The summed E-state index contributed by atoms with van der Waals surface area (Å²) in [6.45, 7) is 3.60. The maximum atomic E-state index is 12.2. The minimum atomic E-state index is -0.174. The molecule has 1 fully saturated rings. The van der Waals surface area contributed by atoms with Crippen LogP contribution in [-0.2, 0) is 6.42 Å². The van der Waals surface area contributed by atoms with Crippen molar-refractivity contribution in [2.24, 2.45) is 0 Å². The predicted octanol–water partition coefficient (Wildman–Crippen LogP) is 3.64. The number of nitrogens with zero attached hydrogens (tertiary/aromatic N) is 2. The first-order valence-electron chi connectivity index (χ1n) is 8.04. The fourth-order valence-electron chi connectivity index (χ4n) is 3.05. The van der Waals surface area contributed by atoms with Crippen LogP contribution in [0.5, 0.6) is 0 Å². The van der Waals surface area contributed by atoms with Gasteiger partial charge >= 0.3 is 0 Å². The molecule has 0 spiro atoms. The van der Waals surface area contributed by atoms with Gasteiger partial charge in [-0.15, -0.1) is 5.10 Å². The van der Waals surface area contributed by atoms with Gasteiger partial charge in [0.25, 0.3) is 5.91 Å². The standard InChI is InChI=1S/C19H19N3O/c1-2-18(23)22-17-12-14(13-6-4-3-5-7-13)8-11-16(17)19(21-22)20-15-9-10-15/h2-8,11,14-15H,1,9-10,12H2,(H,20,21). The molecule has 4 nitrogen and oxygen atoms in total. The Hall–Kier alpha value is -2.62. The third kappa shape index (κ3) is 2.61. The second-order valence-corrected chi connectivity index (χ2v) is 6.16. The van der Waals surface area contributed by atoms with Gasteiger partial charge in [0.2, 0.25) is 0 Å². The second-order valence-electron chi connectivity index (χ2n) is 6.16. The van der Waals surface area contributed by atoms with Gasteiger partial charge in [-0.05, 0) is 24.5 Å². The van der Waals surface area contributed by atoms with E-state index in [1.807, 2.05) is 18.2 Å². The molecule has 23 heavy (non-hydrogen) atoms. The van der Waals surface area contributed by atoms with E-state index in [4.69, 9.17) is 0 Å². The SMILES string of the molecule is C=CC(=O)n1nc(NC2CC2)c2c1CC(c1ccccc1)C=C2. The van der Waals surface area contributed by atoms with Crippen LogP contribution in [0.2, 0.25) is 0 Å². The number of allylic oxidation sites excluding steroid dienone is 2. The van der Waals surface area contributed by atoms with E-state index in [0.29, 0.717) is 6.04 Å². The molecule has 1 saturated carbocycles. The van der Waals surface area contributed by atoms with Crippen molar-refractivity contribution in [3.05, 3.63) is 65.9 Å². The lowest BCUT2D eigenvalue weighted by Crippen LogP contribution is -2.16. The number of nitrogens with one attached hydrogen (secondary N) is 1. The molecule has 0 saturated heterocycles. The van der Waals surface area contributed by atoms with E-state index in [1.54, 1.807) is 0 Å². The van der Waals surface area contributed by atoms with Gasteiger partial charge in [-0.25, -0.2) is 0 Å². The highest BCUT2D eigenvalue weighted by molar-refractivity contribution is 5.90. The molecule has 0 radical (unpaired) electrons. The van der Waals surface area contributed by atoms with E-state index in [2.05, 4.69) is 41.3 Å². The van der Waals surface area contributed by atoms with Crippen molar-refractivity contribution in [3.63, 3.8) is 0 Å². The predicted molar refractivity (Wildman–Crippen MR) is 91.6 cm³/mol. The van der Waals surface area contributed by atoms with Crippen molar-refractivity contribution in [2.45, 2.75) is 31.2 Å². The Morgan fingerprint density at radius 3 is 2.78 bits per heavy atom. The summed E-state index contributed by atoms with van der Waals surface area (Å²) in [7, 11) is 0. The van der Waals surface area contributed by atoms with Crippen LogP contribution in [0.15, 0.2) is 49.1 Å². The lowest BCUT2D eigenvalue weighted by Gasteiger charge is -2.18. The van der Waals surface area contributed by atoms with Gasteiger partial charge in [0.05, 0.1) is 5.69 Å². The molecule has 116 valence electrons. The summed E-state index contributed by atoms with van der Waals surface area (Å²) in [4.78, 5) is 12.2. The first-order chi connectivity index (χ1) is 11.3. The number of hydrogen-bond donors (Lipinski definition) is 1. The molecule has 2 aliphatic rings. The summed E-state index contributed by atoms with van der Waals surface area (Å²) in [6.07, 6.45) is 8.75. The molecular formula is C19H19N3O. The molecule has 1 heterocycles. The Kier molecular flexibility index (Phi) is 3.37. The van der Waals surface area contributed by atoms with Gasteiger partial charge in [0, 0.05) is 23.9 Å². The smallest absolute Gasteiger partial charge is 0.270 e. The lowest BCUT2D eigenvalue weighted by molar-refractivity contribution is 0.0951. The monoisotopic (exact) mass is 305 g/mol. The Bertz CT molecular complexity index is 784. The highest BCUT2D eigenvalue weighted by Crippen LogP contribution is 2.35. The number of benzene rings is 1. The zero-order valence-electron chi connectivity index (χ0n) is 12.9. The largest absolute Gasteiger partial charge is 0.365 e. The Morgan fingerprint density at radius 2 is 2.09 bits per heavy atom. The minimum absolute atomic E-state index is 0.174. The summed E-state index contributed by atoms with van der Waals surface area (Å²) in [5, 5.41) is 7.93. The first-order valence-corrected chi connectivity index (χ1v) is 8.04. The highest BCUT2D eigenvalue weighted by Gasteiger charge is 2.29. The van der Waals surface area contributed by atoms with Crippen LogP contribution in [0.3, 0.4) is 0 Å². The Labute approximate surface area is 135 Å². The number of anilines is 1. The number of rotatable bonds is 4. The topological polar surface area (TPSA) is 46.9 Å². The fraction of sp³-hybridized carbons (Fsp3) is 0.263. The fourth-order valence-corrected chi connectivity index (χ4v) is 3.05. The quantitative estimate of drug-likeness (QED) is 0.877. The summed E-state index contributed by atoms with van der Waals surface area (Å²) < 4.78 is 1.51. The van der Waals surface area contributed by atoms with Gasteiger partial charge in [-0.1, -0.05) is 49.1 Å². The van der Waals surface area contributed by atoms with Crippen LogP contribution >= 0.6 is 0 Å². The third-order valence-electron chi connectivity index (χ3n) is 4.46. The average molecular weight is 305 g/mol. The van der Waals surface area contributed by atoms with Crippen molar-refractivity contribution < 1.29 is 4.79 Å². The summed E-state index contributed by atoms with van der Waals surface area (Å²) >= 11 is 0. The second kappa shape index (κ2) is 5.54. The normalized spacial score (nSPS) is 19.2. The van der Waals surface area contributed by atoms with Crippen molar-refractivity contribution >= 4 is 17.8 Å². The molecule has 1 N–H and O–H groups in total. The number of aromatic nitrogens is 2. The van der Waals surface area contributed by atoms with Crippen LogP contribution < -0.4 is 5.32 Å². The molecule has 0 amide bonds. The van der Waals surface area contributed by atoms with E-state index in [1.165, 1.54) is 29.2 Å². The van der Waals surface area contributed by atoms with E-state index >= 15 is 0 Å². The molecule has 4 heteroatoms. The van der Waals surface area contributed by atoms with Gasteiger partial charge in [-0.3, -0.25) is 4.79 Å². The average Bonchev–Trinajstić information content (AvgIpc) is 3.35. The zero-order valence-corrected chi connectivity index (χ0v) is 12.9. The number of fused-ring (bicyclic) bond motifs is 1. The molecule has 1 unspecified atom stereocenters. The van der Waals surface area contributed by atoms with Gasteiger partial charge in [0.15, 0.2) is 5.82 Å². The minimum Gasteiger partial charge on any atom is -0.365 e. The Morgan fingerprint density at radius 1 is 1.30 bits per heavy atom. The first kappa shape index (κ1) is 14.0. The van der Waals surface area contributed by atoms with E-state index in [9.17, 15) is 4.79 Å². The molecule has 2 aromatic rings. The zero-order chi connectivity index (χ0) is 15.8. The van der Waals surface area contributed by atoms with Crippen LogP contribution in [0.4, 0.5) is 5.82 Å². The van der Waals surface area contributed by atoms with E-state index in [-0.39, 0.29) is 11.8 Å². The van der Waals surface area contributed by atoms with Crippen LogP contribution in [-0.4, -0.2) is 21.7 Å². The van der Waals surface area contributed by atoms with E-state index < -0.39 is 0 Å². The van der Waals surface area contributed by atoms with Crippen molar-refractivity contribution in [2.75, 3.05) is 5.32 Å². The molecule has 0 aliphatic heterocycles. The van der Waals surface area contributed by atoms with Crippen LogP contribution in [0.25, 0.3) is 6.08 Å². The van der Waals surface area contributed by atoms with Gasteiger partial charge in [0.1, 0.15) is 0 Å². The number of carbonyl (C=O) groups is 1. The maximum Gasteiger partial charge on any atom is 0.270 e. The van der Waals surface area contributed by atoms with Crippen molar-refractivity contribution in [1.82, 2.24) is 9.78 Å². The molecule has 1 aromatic heterocycles. The van der Waals surface area contributed by atoms with Crippen LogP contribution in [0.1, 0.15) is 40.4 Å². The third-order valence-corrected chi connectivity index (χ3v) is 4.46. The molecular weight excluding hydrogens is 286 g/mol. The lowest BCUT2D eigenvalue weighted by atomic mass is 9.88. The van der Waals surface area contributed by atoms with Gasteiger partial charge in [-0.2, -0.15) is 4.68 Å². The molecule has 4 rings (SSSR count). The molecule has 2 aliphatic carbocycles. The van der Waals surface area contributed by atoms with Gasteiger partial charge < -0.3 is 5.32 Å². The molecule has 1 aromatic carbocycles. The summed E-state index contributed by atoms with van der Waals surface area (Å²) in [6, 6.07) is 10.9. The number of hydrogen-bond acceptors (Lipinski definition) is 3. The summed E-state index contributed by atoms with van der Waals surface area (Å²) in [5.74, 6) is 0.915. The van der Waals surface area contributed by atoms with E-state index in [0.717, 1.165) is 23.5 Å². The van der Waals surface area contributed by atoms with Crippen molar-refractivity contribution in [3.8, 4) is 0 Å².